The first-order valence-electron chi connectivity index (χ1n) is 9.51. The molecule has 1 aromatic rings. The van der Waals surface area contributed by atoms with Gasteiger partial charge in [-0.05, 0) is 51.5 Å². The van der Waals surface area contributed by atoms with Crippen molar-refractivity contribution in [2.45, 2.75) is 45.4 Å². The Morgan fingerprint density at radius 3 is 2.24 bits per heavy atom. The van der Waals surface area contributed by atoms with Crippen LogP contribution in [-0.4, -0.2) is 54.8 Å². The Morgan fingerprint density at radius 2 is 1.76 bits per heavy atom. The highest BCUT2D eigenvalue weighted by atomic mass is 16.5. The predicted molar refractivity (Wildman–Crippen MR) is 107 cm³/mol. The Hall–Kier alpha value is -3.00. The number of ketones is 1. The molecule has 0 spiro atoms. The van der Waals surface area contributed by atoms with Gasteiger partial charge in [0.05, 0.1) is 6.10 Å². The van der Waals surface area contributed by atoms with Gasteiger partial charge in [0.1, 0.15) is 18.7 Å². The first-order chi connectivity index (χ1) is 13.7. The van der Waals surface area contributed by atoms with Crippen molar-refractivity contribution < 1.29 is 23.9 Å². The van der Waals surface area contributed by atoms with Crippen molar-refractivity contribution in [2.75, 3.05) is 13.2 Å². The number of carbonyl (C=O) groups excluding carboxylic acids is 4. The summed E-state index contributed by atoms with van der Waals surface area (Å²) in [6.07, 6.45) is -0.195. The molecule has 2 rings (SSSR count). The molecule has 1 fully saturated rings. The third-order valence-electron chi connectivity index (χ3n) is 4.52. The van der Waals surface area contributed by atoms with Gasteiger partial charge in [0, 0.05) is 17.7 Å². The quantitative estimate of drug-likeness (QED) is 0.562. The number of benzene rings is 1. The molecule has 1 saturated heterocycles. The number of hydrogen-bond donors (Lipinski definition) is 3. The second-order valence-corrected chi connectivity index (χ2v) is 7.09. The van der Waals surface area contributed by atoms with E-state index in [0.29, 0.717) is 23.2 Å². The van der Waals surface area contributed by atoms with Crippen molar-refractivity contribution in [3.05, 3.63) is 47.5 Å². The molecule has 3 atom stereocenters. The van der Waals surface area contributed by atoms with E-state index in [4.69, 9.17) is 4.74 Å². The van der Waals surface area contributed by atoms with Crippen LogP contribution in [0.2, 0.25) is 0 Å². The van der Waals surface area contributed by atoms with E-state index in [9.17, 15) is 19.2 Å². The third kappa shape index (κ3) is 5.99. The molecule has 1 aliphatic rings. The van der Waals surface area contributed by atoms with E-state index < -0.39 is 30.0 Å². The van der Waals surface area contributed by atoms with Crippen LogP contribution in [0.5, 0.6) is 0 Å². The molecule has 0 radical (unpaired) electrons. The molecule has 8 heteroatoms. The highest BCUT2D eigenvalue weighted by molar-refractivity contribution is 6.00. The van der Waals surface area contributed by atoms with Crippen LogP contribution in [0.3, 0.4) is 0 Å². The number of rotatable bonds is 8. The maximum atomic E-state index is 12.7. The summed E-state index contributed by atoms with van der Waals surface area (Å²) >= 11 is 0. The molecule has 1 unspecified atom stereocenters. The van der Waals surface area contributed by atoms with Crippen LogP contribution in [0.25, 0.3) is 0 Å². The van der Waals surface area contributed by atoms with Crippen molar-refractivity contribution in [3.63, 3.8) is 0 Å². The van der Waals surface area contributed by atoms with Gasteiger partial charge in [-0.3, -0.25) is 19.2 Å². The van der Waals surface area contributed by atoms with Crippen molar-refractivity contribution in [2.24, 2.45) is 0 Å². The number of hydrogen-bond acceptors (Lipinski definition) is 5. The van der Waals surface area contributed by atoms with Gasteiger partial charge in [-0.15, -0.1) is 6.58 Å². The second kappa shape index (κ2) is 9.97. The highest BCUT2D eigenvalue weighted by Crippen LogP contribution is 2.12. The molecule has 1 heterocycles. The second-order valence-electron chi connectivity index (χ2n) is 7.09. The molecule has 3 N–H and O–H groups in total. The maximum absolute atomic E-state index is 12.7. The largest absolute Gasteiger partial charge is 0.368 e. The monoisotopic (exact) mass is 401 g/mol. The number of amides is 3. The zero-order valence-electron chi connectivity index (χ0n) is 16.9. The molecule has 0 aromatic heterocycles. The molecular weight excluding hydrogens is 374 g/mol. The first kappa shape index (κ1) is 22.3. The van der Waals surface area contributed by atoms with Gasteiger partial charge in [0.2, 0.25) is 5.91 Å². The van der Waals surface area contributed by atoms with Gasteiger partial charge in [0.15, 0.2) is 5.78 Å². The molecule has 0 saturated carbocycles. The molecule has 0 aliphatic carbocycles. The van der Waals surface area contributed by atoms with Crippen molar-refractivity contribution in [1.29, 1.82) is 0 Å². The van der Waals surface area contributed by atoms with Gasteiger partial charge < -0.3 is 20.7 Å². The SMILES string of the molecule is C=C(C)CC(NC(=O)c1ccc(C(=O)NCC)cc1)C(=O)N[C@@H]1C(=O)CO[C@@H]1C. The lowest BCUT2D eigenvalue weighted by Crippen LogP contribution is -2.53. The number of nitrogens with one attached hydrogen (secondary N) is 3. The van der Waals surface area contributed by atoms with Crippen LogP contribution >= 0.6 is 0 Å². The van der Waals surface area contributed by atoms with Crippen molar-refractivity contribution in [1.82, 2.24) is 16.0 Å². The fourth-order valence-electron chi connectivity index (χ4n) is 2.95. The maximum Gasteiger partial charge on any atom is 0.251 e. The summed E-state index contributed by atoms with van der Waals surface area (Å²) in [5.74, 6) is -1.37. The Balaban J connectivity index is 2.07. The minimum atomic E-state index is -0.885. The molecule has 156 valence electrons. The van der Waals surface area contributed by atoms with E-state index in [1.165, 1.54) is 12.1 Å². The normalized spacial score (nSPS) is 19.3. The van der Waals surface area contributed by atoms with E-state index in [2.05, 4.69) is 22.5 Å². The van der Waals surface area contributed by atoms with Crippen LogP contribution < -0.4 is 16.0 Å². The van der Waals surface area contributed by atoms with Crippen molar-refractivity contribution in [3.8, 4) is 0 Å². The molecule has 1 aliphatic heterocycles. The average Bonchev–Trinajstić information content (AvgIpc) is 2.99. The minimum Gasteiger partial charge on any atom is -0.368 e. The van der Waals surface area contributed by atoms with Gasteiger partial charge in [-0.2, -0.15) is 0 Å². The van der Waals surface area contributed by atoms with Gasteiger partial charge in [-0.25, -0.2) is 0 Å². The predicted octanol–water partition coefficient (Wildman–Crippen LogP) is 0.974. The third-order valence-corrected chi connectivity index (χ3v) is 4.52. The standard InChI is InChI=1S/C21H27N3O5/c1-5-22-19(26)14-6-8-15(9-7-14)20(27)23-16(10-12(2)3)21(28)24-18-13(4)29-11-17(18)25/h6-9,13,16,18H,2,5,10-11H2,1,3-4H3,(H,22,26)(H,23,27)(H,24,28)/t13-,16?,18+/m1/s1. The summed E-state index contributed by atoms with van der Waals surface area (Å²) in [6.45, 7) is 9.54. The molecule has 29 heavy (non-hydrogen) atoms. The molecule has 1 aromatic carbocycles. The number of ether oxygens (including phenoxy) is 1. The first-order valence-corrected chi connectivity index (χ1v) is 9.51. The highest BCUT2D eigenvalue weighted by Gasteiger charge is 2.35. The smallest absolute Gasteiger partial charge is 0.251 e. The lowest BCUT2D eigenvalue weighted by molar-refractivity contribution is -0.127. The fraction of sp³-hybridized carbons (Fsp3) is 0.429. The summed E-state index contributed by atoms with van der Waals surface area (Å²) in [5, 5.41) is 8.01. The van der Waals surface area contributed by atoms with Gasteiger partial charge in [-0.1, -0.05) is 5.57 Å². The summed E-state index contributed by atoms with van der Waals surface area (Å²) in [6, 6.07) is 4.51. The van der Waals surface area contributed by atoms with Crippen LogP contribution in [0.4, 0.5) is 0 Å². The Morgan fingerprint density at radius 1 is 1.17 bits per heavy atom. The topological polar surface area (TPSA) is 114 Å². The molecule has 8 nitrogen and oxygen atoms in total. The summed E-state index contributed by atoms with van der Waals surface area (Å²) < 4.78 is 5.24. The number of Topliss-reactive ketones (excluding diaryl/α,β-unsaturated/α-hetero) is 1. The summed E-state index contributed by atoms with van der Waals surface area (Å²) in [4.78, 5) is 49.0. The number of carbonyl (C=O) groups is 4. The van der Waals surface area contributed by atoms with E-state index in [1.54, 1.807) is 26.0 Å². The van der Waals surface area contributed by atoms with Gasteiger partial charge in [0.25, 0.3) is 11.8 Å². The Kier molecular flexibility index (Phi) is 7.67. The van der Waals surface area contributed by atoms with E-state index >= 15 is 0 Å². The lowest BCUT2D eigenvalue weighted by atomic mass is 10.0. The van der Waals surface area contributed by atoms with Gasteiger partial charge >= 0.3 is 0 Å². The average molecular weight is 401 g/mol. The fourth-order valence-corrected chi connectivity index (χ4v) is 2.95. The molecule has 3 amide bonds. The lowest BCUT2D eigenvalue weighted by Gasteiger charge is -2.22. The zero-order valence-corrected chi connectivity index (χ0v) is 16.9. The molecular formula is C21H27N3O5. The summed E-state index contributed by atoms with van der Waals surface area (Å²) in [5.41, 5.74) is 1.46. The zero-order chi connectivity index (χ0) is 21.6. The van der Waals surface area contributed by atoms with Crippen LogP contribution in [0, 0.1) is 0 Å². The van der Waals surface area contributed by atoms with E-state index in [1.807, 2.05) is 6.92 Å². The van der Waals surface area contributed by atoms with E-state index in [-0.39, 0.29) is 24.7 Å². The minimum absolute atomic E-state index is 0.0401. The van der Waals surface area contributed by atoms with Crippen LogP contribution in [0.15, 0.2) is 36.4 Å². The van der Waals surface area contributed by atoms with Crippen LogP contribution in [-0.2, 0) is 14.3 Å². The Labute approximate surface area is 170 Å². The molecule has 0 bridgehead atoms. The van der Waals surface area contributed by atoms with Crippen LogP contribution in [0.1, 0.15) is 47.9 Å². The Bertz CT molecular complexity index is 803. The summed E-state index contributed by atoms with van der Waals surface area (Å²) in [7, 11) is 0. The van der Waals surface area contributed by atoms with E-state index in [0.717, 1.165) is 0 Å². The van der Waals surface area contributed by atoms with Crippen molar-refractivity contribution >= 4 is 23.5 Å².